The van der Waals surface area contributed by atoms with E-state index in [4.69, 9.17) is 4.74 Å². The summed E-state index contributed by atoms with van der Waals surface area (Å²) in [6.07, 6.45) is 2.82. The third-order valence-electron chi connectivity index (χ3n) is 2.17. The Morgan fingerprint density at radius 2 is 2.37 bits per heavy atom. The zero-order valence-electron chi connectivity index (χ0n) is 9.99. The van der Waals surface area contributed by atoms with Crippen molar-refractivity contribution in [2.24, 2.45) is 5.10 Å². The van der Waals surface area contributed by atoms with Gasteiger partial charge in [-0.2, -0.15) is 15.2 Å². The van der Waals surface area contributed by atoms with Crippen LogP contribution in [0.15, 0.2) is 34.3 Å². The van der Waals surface area contributed by atoms with Crippen LogP contribution in [0.2, 0.25) is 0 Å². The molecule has 0 aliphatic carbocycles. The molecule has 0 radical (unpaired) electrons. The van der Waals surface area contributed by atoms with Gasteiger partial charge in [0.05, 0.1) is 19.5 Å². The first-order valence-corrected chi connectivity index (χ1v) is 5.27. The van der Waals surface area contributed by atoms with Gasteiger partial charge in [-0.05, 0) is 23.8 Å². The maximum absolute atomic E-state index is 10.9. The number of hydrogen-bond donors (Lipinski definition) is 3. The normalized spacial score (nSPS) is 10.6. The van der Waals surface area contributed by atoms with Gasteiger partial charge < -0.3 is 9.84 Å². The largest absolute Gasteiger partial charge is 0.504 e. The summed E-state index contributed by atoms with van der Waals surface area (Å²) in [7, 11) is 1.46. The number of rotatable bonds is 4. The van der Waals surface area contributed by atoms with Crippen molar-refractivity contribution in [3.05, 3.63) is 40.4 Å². The molecule has 0 spiro atoms. The number of methoxy groups -OCH3 is 1. The van der Waals surface area contributed by atoms with E-state index in [1.54, 1.807) is 12.1 Å². The minimum absolute atomic E-state index is 0.0491. The summed E-state index contributed by atoms with van der Waals surface area (Å²) in [6, 6.07) is 4.77. The van der Waals surface area contributed by atoms with Gasteiger partial charge in [-0.15, -0.1) is 0 Å². The number of hydrazone groups is 1. The van der Waals surface area contributed by atoms with E-state index in [-0.39, 0.29) is 11.6 Å². The van der Waals surface area contributed by atoms with E-state index in [0.29, 0.717) is 11.3 Å². The second-order valence-electron chi connectivity index (χ2n) is 3.47. The Morgan fingerprint density at radius 3 is 3.11 bits per heavy atom. The van der Waals surface area contributed by atoms with Gasteiger partial charge in [-0.3, -0.25) is 5.43 Å². The highest BCUT2D eigenvalue weighted by Crippen LogP contribution is 2.25. The maximum atomic E-state index is 10.9. The van der Waals surface area contributed by atoms with E-state index in [9.17, 15) is 9.90 Å². The van der Waals surface area contributed by atoms with Gasteiger partial charge in [-0.1, -0.05) is 0 Å². The van der Waals surface area contributed by atoms with Crippen molar-refractivity contribution in [3.63, 3.8) is 0 Å². The zero-order valence-corrected chi connectivity index (χ0v) is 9.99. The Hall–Kier alpha value is -2.90. The molecule has 2 rings (SSSR count). The number of nitrogens with one attached hydrogen (secondary N) is 2. The van der Waals surface area contributed by atoms with Gasteiger partial charge in [0.25, 0.3) is 0 Å². The summed E-state index contributed by atoms with van der Waals surface area (Å²) in [6.45, 7) is 0. The number of hydrogen-bond acceptors (Lipinski definition) is 7. The molecule has 0 fully saturated rings. The number of benzene rings is 1. The first-order valence-electron chi connectivity index (χ1n) is 5.27. The third kappa shape index (κ3) is 3.28. The van der Waals surface area contributed by atoms with Crippen molar-refractivity contribution in [2.45, 2.75) is 0 Å². The van der Waals surface area contributed by atoms with Crippen LogP contribution in [-0.2, 0) is 0 Å². The lowest BCUT2D eigenvalue weighted by Crippen LogP contribution is -2.13. The number of aromatic hydroxyl groups is 1. The van der Waals surface area contributed by atoms with E-state index in [2.05, 4.69) is 25.7 Å². The first kappa shape index (κ1) is 12.6. The monoisotopic (exact) mass is 261 g/mol. The summed E-state index contributed by atoms with van der Waals surface area (Å²) < 4.78 is 4.97. The second-order valence-corrected chi connectivity index (χ2v) is 3.47. The third-order valence-corrected chi connectivity index (χ3v) is 2.17. The fourth-order valence-corrected chi connectivity index (χ4v) is 1.31. The number of aromatic amines is 1. The fourth-order valence-electron chi connectivity index (χ4n) is 1.31. The van der Waals surface area contributed by atoms with Gasteiger partial charge in [0.15, 0.2) is 17.3 Å². The molecule has 8 heteroatoms. The van der Waals surface area contributed by atoms with Crippen LogP contribution in [0.25, 0.3) is 0 Å². The average Bonchev–Trinajstić information content (AvgIpc) is 2.41. The zero-order chi connectivity index (χ0) is 13.7. The fraction of sp³-hybridized carbons (Fsp3) is 0.0909. The van der Waals surface area contributed by atoms with Crippen LogP contribution in [0, 0.1) is 0 Å². The van der Waals surface area contributed by atoms with Gasteiger partial charge in [0.2, 0.25) is 0 Å². The lowest BCUT2D eigenvalue weighted by Gasteiger charge is -2.03. The van der Waals surface area contributed by atoms with Crippen molar-refractivity contribution in [1.29, 1.82) is 0 Å². The number of phenols is 1. The maximum Gasteiger partial charge on any atom is 0.363 e. The summed E-state index contributed by atoms with van der Waals surface area (Å²) in [5, 5.41) is 19.0. The Bertz CT molecular complexity index is 653. The standard InChI is InChI=1S/C11H11N5O3/c1-19-9-4-7(2-3-8(9)17)5-12-15-10-6-13-16-11(18)14-10/h2-6,17H,1H3,(H2,14,15,16,18). The molecule has 1 heterocycles. The molecule has 0 aliphatic rings. The second kappa shape index (κ2) is 5.63. The quantitative estimate of drug-likeness (QED) is 0.540. The molecule has 0 saturated heterocycles. The molecule has 0 bridgehead atoms. The molecule has 19 heavy (non-hydrogen) atoms. The molecule has 0 saturated carbocycles. The van der Waals surface area contributed by atoms with Crippen molar-refractivity contribution >= 4 is 12.0 Å². The number of H-pyrrole nitrogens is 1. The molecule has 0 atom stereocenters. The highest BCUT2D eigenvalue weighted by Gasteiger charge is 2.00. The molecule has 2 aromatic rings. The molecule has 1 aromatic heterocycles. The number of aromatic nitrogens is 3. The van der Waals surface area contributed by atoms with E-state index >= 15 is 0 Å². The number of nitrogens with zero attached hydrogens (tertiary/aromatic N) is 3. The molecule has 3 N–H and O–H groups in total. The number of anilines is 1. The molecule has 0 unspecified atom stereocenters. The number of phenolic OH excluding ortho intramolecular Hbond substituents is 1. The predicted molar refractivity (Wildman–Crippen MR) is 68.5 cm³/mol. The van der Waals surface area contributed by atoms with Crippen molar-refractivity contribution in [2.75, 3.05) is 12.5 Å². The summed E-state index contributed by atoms with van der Waals surface area (Å²) >= 11 is 0. The van der Waals surface area contributed by atoms with Crippen LogP contribution in [0.3, 0.4) is 0 Å². The lowest BCUT2D eigenvalue weighted by atomic mass is 10.2. The lowest BCUT2D eigenvalue weighted by molar-refractivity contribution is 0.373. The molecular formula is C11H11N5O3. The molecule has 0 amide bonds. The van der Waals surface area contributed by atoms with Gasteiger partial charge in [-0.25, -0.2) is 9.89 Å². The van der Waals surface area contributed by atoms with Crippen molar-refractivity contribution in [1.82, 2.24) is 15.2 Å². The minimum Gasteiger partial charge on any atom is -0.504 e. The topological polar surface area (TPSA) is 112 Å². The van der Waals surface area contributed by atoms with Crippen LogP contribution in [0.5, 0.6) is 11.5 Å². The molecular weight excluding hydrogens is 250 g/mol. The summed E-state index contributed by atoms with van der Waals surface area (Å²) in [5.41, 5.74) is 2.70. The van der Waals surface area contributed by atoms with Crippen LogP contribution in [0.4, 0.5) is 5.82 Å². The Balaban J connectivity index is 2.09. The highest BCUT2D eigenvalue weighted by atomic mass is 16.5. The van der Waals surface area contributed by atoms with Gasteiger partial charge >= 0.3 is 5.69 Å². The SMILES string of the molecule is COc1cc(C=NNc2cn[nH]c(=O)n2)ccc1O. The Morgan fingerprint density at radius 1 is 1.53 bits per heavy atom. The minimum atomic E-state index is -0.563. The highest BCUT2D eigenvalue weighted by molar-refractivity contribution is 5.81. The molecule has 1 aromatic carbocycles. The van der Waals surface area contributed by atoms with E-state index in [1.807, 2.05) is 0 Å². The summed E-state index contributed by atoms with van der Waals surface area (Å²) in [5.74, 6) is 0.624. The average molecular weight is 261 g/mol. The Kier molecular flexibility index (Phi) is 3.72. The molecule has 0 aliphatic heterocycles. The van der Waals surface area contributed by atoms with Crippen molar-refractivity contribution < 1.29 is 9.84 Å². The predicted octanol–water partition coefficient (Wildman–Crippen LogP) is 0.325. The van der Waals surface area contributed by atoms with E-state index in [0.717, 1.165) is 0 Å². The van der Waals surface area contributed by atoms with Crippen LogP contribution in [-0.4, -0.2) is 33.6 Å². The van der Waals surface area contributed by atoms with Crippen LogP contribution >= 0.6 is 0 Å². The summed E-state index contributed by atoms with van der Waals surface area (Å²) in [4.78, 5) is 14.5. The van der Waals surface area contributed by atoms with Crippen LogP contribution < -0.4 is 15.9 Å². The first-order chi connectivity index (χ1) is 9.19. The van der Waals surface area contributed by atoms with Gasteiger partial charge in [0, 0.05) is 0 Å². The smallest absolute Gasteiger partial charge is 0.363 e. The molecule has 98 valence electrons. The van der Waals surface area contributed by atoms with E-state index < -0.39 is 5.69 Å². The molecule has 8 nitrogen and oxygen atoms in total. The number of ether oxygens (including phenoxy) is 1. The van der Waals surface area contributed by atoms with E-state index in [1.165, 1.54) is 25.6 Å². The van der Waals surface area contributed by atoms with Crippen molar-refractivity contribution in [3.8, 4) is 11.5 Å². The van der Waals surface area contributed by atoms with Gasteiger partial charge in [0.1, 0.15) is 0 Å². The van der Waals surface area contributed by atoms with Crippen LogP contribution in [0.1, 0.15) is 5.56 Å². The Labute approximate surface area is 107 Å².